The van der Waals surface area contributed by atoms with Gasteiger partial charge in [0.15, 0.2) is 0 Å². The minimum absolute atomic E-state index is 0.0833. The van der Waals surface area contributed by atoms with Gasteiger partial charge in [-0.1, -0.05) is 42.5 Å². The van der Waals surface area contributed by atoms with E-state index in [0.717, 1.165) is 12.8 Å². The van der Waals surface area contributed by atoms with E-state index in [1.165, 1.54) is 17.2 Å². The summed E-state index contributed by atoms with van der Waals surface area (Å²) in [4.78, 5) is 0. The highest BCUT2D eigenvalue weighted by atomic mass is 16.2. The van der Waals surface area contributed by atoms with Gasteiger partial charge in [0, 0.05) is 0 Å². The highest BCUT2D eigenvalue weighted by Gasteiger charge is 2.05. The molecule has 2 rings (SSSR count). The van der Waals surface area contributed by atoms with Gasteiger partial charge >= 0.3 is 0 Å². The van der Waals surface area contributed by atoms with Crippen molar-refractivity contribution in [1.29, 1.82) is 0 Å². The summed E-state index contributed by atoms with van der Waals surface area (Å²) >= 11 is 0. The highest BCUT2D eigenvalue weighted by molar-refractivity contribution is 5.44. The largest absolute Gasteiger partial charge is 0.392 e. The van der Waals surface area contributed by atoms with Crippen LogP contribution < -0.4 is 0 Å². The van der Waals surface area contributed by atoms with E-state index < -0.39 is 0 Å². The first kappa shape index (κ1) is 10.7. The van der Waals surface area contributed by atoms with Gasteiger partial charge in [-0.05, 0) is 24.0 Å². The van der Waals surface area contributed by atoms with Crippen molar-refractivity contribution in [3.05, 3.63) is 60.3 Å². The molecule has 0 aromatic rings. The Morgan fingerprint density at radius 1 is 1.14 bits per heavy atom. The topological polar surface area (TPSA) is 20.2 Å². The van der Waals surface area contributed by atoms with Gasteiger partial charge in [-0.3, -0.25) is 0 Å². The molecule has 0 aromatic carbocycles. The van der Waals surface area contributed by atoms with E-state index in [2.05, 4.69) is 43.0 Å². The van der Waals surface area contributed by atoms with Gasteiger partial charge in [-0.25, -0.2) is 0 Å². The third-order valence-corrected chi connectivity index (χ3v) is 2.08. The second-order valence-corrected chi connectivity index (χ2v) is 3.12. The van der Waals surface area contributed by atoms with Gasteiger partial charge in [0.05, 0.1) is 6.61 Å². The van der Waals surface area contributed by atoms with Crippen LogP contribution in [-0.4, -0.2) is 11.7 Å². The predicted molar refractivity (Wildman–Crippen MR) is 61.0 cm³/mol. The molecule has 0 saturated carbocycles. The van der Waals surface area contributed by atoms with Crippen LogP contribution in [0.1, 0.15) is 12.8 Å². The van der Waals surface area contributed by atoms with Crippen molar-refractivity contribution in [2.75, 3.05) is 6.61 Å². The van der Waals surface area contributed by atoms with Crippen LogP contribution in [-0.2, 0) is 0 Å². The molecule has 1 N–H and O–H groups in total. The number of hydrogen-bond acceptors (Lipinski definition) is 1. The SMILES string of the molecule is C1=CCC(C2=CC=CC2)=C1.C=CCO. The minimum atomic E-state index is 0.0833. The molecule has 0 bridgehead atoms. The van der Waals surface area contributed by atoms with Crippen LogP contribution in [0.2, 0.25) is 0 Å². The Labute approximate surface area is 85.5 Å². The van der Waals surface area contributed by atoms with E-state index in [1.807, 2.05) is 0 Å². The second-order valence-electron chi connectivity index (χ2n) is 3.12. The molecule has 0 aromatic heterocycles. The summed E-state index contributed by atoms with van der Waals surface area (Å²) in [6, 6.07) is 0. The van der Waals surface area contributed by atoms with Crippen LogP contribution in [0.3, 0.4) is 0 Å². The van der Waals surface area contributed by atoms with Crippen molar-refractivity contribution >= 4 is 0 Å². The lowest BCUT2D eigenvalue weighted by Crippen LogP contribution is -1.80. The molecular formula is C13H16O. The molecule has 0 unspecified atom stereocenters. The first-order valence-corrected chi connectivity index (χ1v) is 4.82. The first-order valence-electron chi connectivity index (χ1n) is 4.82. The smallest absolute Gasteiger partial charge is 0.0609 e. The van der Waals surface area contributed by atoms with Gasteiger partial charge in [0.2, 0.25) is 0 Å². The fraction of sp³-hybridized carbons (Fsp3) is 0.231. The predicted octanol–water partition coefficient (Wildman–Crippen LogP) is 2.92. The molecule has 1 nitrogen and oxygen atoms in total. The van der Waals surface area contributed by atoms with Crippen LogP contribution in [0.15, 0.2) is 60.3 Å². The Balaban J connectivity index is 0.000000213. The summed E-state index contributed by atoms with van der Waals surface area (Å²) in [5.41, 5.74) is 2.98. The Morgan fingerprint density at radius 3 is 1.79 bits per heavy atom. The molecule has 0 saturated heterocycles. The number of rotatable bonds is 2. The van der Waals surface area contributed by atoms with E-state index in [0.29, 0.717) is 0 Å². The van der Waals surface area contributed by atoms with Crippen molar-refractivity contribution in [3.63, 3.8) is 0 Å². The van der Waals surface area contributed by atoms with Crippen LogP contribution in [0, 0.1) is 0 Å². The maximum Gasteiger partial charge on any atom is 0.0609 e. The normalized spacial score (nSPS) is 17.2. The molecule has 0 atom stereocenters. The van der Waals surface area contributed by atoms with Crippen molar-refractivity contribution < 1.29 is 5.11 Å². The van der Waals surface area contributed by atoms with Crippen molar-refractivity contribution in [2.45, 2.75) is 12.8 Å². The standard InChI is InChI=1S/C10H10.C3H6O/c1-2-6-9(5-1)10-7-3-4-8-10;1-2-3-4/h1-5,7H,6,8H2;2,4H,1,3H2. The van der Waals surface area contributed by atoms with Gasteiger partial charge in [-0.15, -0.1) is 6.58 Å². The zero-order chi connectivity index (χ0) is 10.2. The zero-order valence-electron chi connectivity index (χ0n) is 8.32. The molecule has 1 heteroatoms. The van der Waals surface area contributed by atoms with Gasteiger partial charge in [0.1, 0.15) is 0 Å². The lowest BCUT2D eigenvalue weighted by molar-refractivity contribution is 0.343. The lowest BCUT2D eigenvalue weighted by Gasteiger charge is -1.99. The second kappa shape index (κ2) is 6.17. The Bertz CT molecular complexity index is 275. The quantitative estimate of drug-likeness (QED) is 0.661. The highest BCUT2D eigenvalue weighted by Crippen LogP contribution is 2.25. The summed E-state index contributed by atoms with van der Waals surface area (Å²) in [5.74, 6) is 0. The first-order chi connectivity index (χ1) is 6.88. The number of hydrogen-bond donors (Lipinski definition) is 1. The maximum atomic E-state index is 7.76. The van der Waals surface area contributed by atoms with Crippen molar-refractivity contribution in [1.82, 2.24) is 0 Å². The van der Waals surface area contributed by atoms with Crippen LogP contribution in [0.4, 0.5) is 0 Å². The summed E-state index contributed by atoms with van der Waals surface area (Å²) in [5, 5.41) is 7.76. The fourth-order valence-electron chi connectivity index (χ4n) is 1.37. The van der Waals surface area contributed by atoms with E-state index in [9.17, 15) is 0 Å². The third kappa shape index (κ3) is 3.19. The summed E-state index contributed by atoms with van der Waals surface area (Å²) in [7, 11) is 0. The molecule has 0 aliphatic heterocycles. The van der Waals surface area contributed by atoms with E-state index in [4.69, 9.17) is 5.11 Å². The average molecular weight is 188 g/mol. The summed E-state index contributed by atoms with van der Waals surface area (Å²) < 4.78 is 0. The molecule has 0 heterocycles. The van der Waals surface area contributed by atoms with Gasteiger partial charge < -0.3 is 5.11 Å². The van der Waals surface area contributed by atoms with Gasteiger partial charge in [0.25, 0.3) is 0 Å². The average Bonchev–Trinajstić information content (AvgIpc) is 2.89. The monoisotopic (exact) mass is 188 g/mol. The molecule has 2 aliphatic carbocycles. The van der Waals surface area contributed by atoms with Gasteiger partial charge in [-0.2, -0.15) is 0 Å². The molecule has 14 heavy (non-hydrogen) atoms. The van der Waals surface area contributed by atoms with E-state index >= 15 is 0 Å². The van der Waals surface area contributed by atoms with E-state index in [-0.39, 0.29) is 6.61 Å². The van der Waals surface area contributed by atoms with Crippen LogP contribution in [0.5, 0.6) is 0 Å². The van der Waals surface area contributed by atoms with Crippen LogP contribution in [0.25, 0.3) is 0 Å². The molecule has 2 aliphatic rings. The summed E-state index contributed by atoms with van der Waals surface area (Å²) in [6.07, 6.45) is 16.8. The Hall–Kier alpha value is -1.34. The fourth-order valence-corrected chi connectivity index (χ4v) is 1.37. The molecule has 0 fully saturated rings. The minimum Gasteiger partial charge on any atom is -0.392 e. The summed E-state index contributed by atoms with van der Waals surface area (Å²) in [6.45, 7) is 3.31. The number of aliphatic hydroxyl groups excluding tert-OH is 1. The Morgan fingerprint density at radius 2 is 1.57 bits per heavy atom. The molecule has 74 valence electrons. The molecule has 0 spiro atoms. The van der Waals surface area contributed by atoms with Crippen LogP contribution >= 0.6 is 0 Å². The molecular weight excluding hydrogens is 172 g/mol. The van der Waals surface area contributed by atoms with E-state index in [1.54, 1.807) is 0 Å². The molecule has 0 radical (unpaired) electrons. The lowest BCUT2D eigenvalue weighted by atomic mass is 10.1. The van der Waals surface area contributed by atoms with Crippen molar-refractivity contribution in [3.8, 4) is 0 Å². The Kier molecular flexibility index (Phi) is 4.73. The number of allylic oxidation sites excluding steroid dienone is 8. The third-order valence-electron chi connectivity index (χ3n) is 2.08. The molecule has 0 amide bonds. The number of aliphatic hydroxyl groups is 1. The van der Waals surface area contributed by atoms with Crippen molar-refractivity contribution in [2.24, 2.45) is 0 Å². The zero-order valence-corrected chi connectivity index (χ0v) is 8.32. The maximum absolute atomic E-state index is 7.76.